The van der Waals surface area contributed by atoms with E-state index in [1.807, 2.05) is 0 Å². The zero-order valence-electron chi connectivity index (χ0n) is 9.61. The molecule has 0 saturated heterocycles. The van der Waals surface area contributed by atoms with E-state index in [0.29, 0.717) is 4.31 Å². The van der Waals surface area contributed by atoms with Crippen LogP contribution < -0.4 is 5.56 Å². The molecule has 0 N–H and O–H groups in total. The van der Waals surface area contributed by atoms with E-state index < -0.39 is 10.4 Å². The zero-order chi connectivity index (χ0) is 13.5. The topological polar surface area (TPSA) is 89.6 Å². The first kappa shape index (κ1) is 12.6. The molecule has 0 aromatic carbocycles. The fraction of sp³-hybridized carbons (Fsp3) is 0.375. The molecule has 0 radical (unpaired) electrons. The molecule has 2 heterocycles. The fourth-order valence-corrected chi connectivity index (χ4v) is 1.67. The molecule has 98 valence electrons. The first-order valence-corrected chi connectivity index (χ1v) is 6.20. The molecular weight excluding hydrogens is 265 g/mol. The predicted molar refractivity (Wildman–Crippen MR) is 59.7 cm³/mol. The third-order valence-corrected chi connectivity index (χ3v) is 3.33. The van der Waals surface area contributed by atoms with Crippen LogP contribution in [0.2, 0.25) is 0 Å². The average molecular weight is 275 g/mol. The normalized spacial score (nSPS) is 12.4. The minimum atomic E-state index is -4.80. The van der Waals surface area contributed by atoms with Crippen LogP contribution in [-0.4, -0.2) is 38.9 Å². The maximum absolute atomic E-state index is 12.7. The Labute approximate surface area is 102 Å². The van der Waals surface area contributed by atoms with Gasteiger partial charge < -0.3 is 4.57 Å². The van der Waals surface area contributed by atoms with Gasteiger partial charge in [0.1, 0.15) is 0 Å². The van der Waals surface area contributed by atoms with Crippen LogP contribution in [0.15, 0.2) is 17.2 Å². The standard InChI is InChI=1S/C8H10FN5O3S/c1-12-3-4-14-6(5-13(2)18(9,16)17)10-11-7(14)8(12)15/h3-4H,5H2,1-2H3. The highest BCUT2D eigenvalue weighted by Gasteiger charge is 2.19. The summed E-state index contributed by atoms with van der Waals surface area (Å²) in [5.41, 5.74) is -0.318. The number of fused-ring (bicyclic) bond motifs is 1. The number of aryl methyl sites for hydroxylation is 1. The Morgan fingerprint density at radius 2 is 2.06 bits per heavy atom. The summed E-state index contributed by atoms with van der Waals surface area (Å²) in [6.45, 7) is -0.312. The SMILES string of the molecule is CN(Cc1nnc2c(=O)n(C)ccn12)S(=O)(=O)F. The second-order valence-electron chi connectivity index (χ2n) is 3.72. The van der Waals surface area contributed by atoms with Crippen LogP contribution in [0.25, 0.3) is 5.65 Å². The van der Waals surface area contributed by atoms with Crippen molar-refractivity contribution in [2.45, 2.75) is 6.54 Å². The summed E-state index contributed by atoms with van der Waals surface area (Å²) in [4.78, 5) is 11.7. The smallest absolute Gasteiger partial charge is 0.314 e. The number of halogens is 1. The highest BCUT2D eigenvalue weighted by molar-refractivity contribution is 7.83. The molecule has 0 atom stereocenters. The van der Waals surface area contributed by atoms with Gasteiger partial charge in [-0.2, -0.15) is 12.7 Å². The molecule has 0 unspecified atom stereocenters. The lowest BCUT2D eigenvalue weighted by atomic mass is 10.5. The number of hydrogen-bond donors (Lipinski definition) is 0. The predicted octanol–water partition coefficient (Wildman–Crippen LogP) is -0.926. The molecule has 0 fully saturated rings. The van der Waals surface area contributed by atoms with E-state index in [1.54, 1.807) is 7.05 Å². The second kappa shape index (κ2) is 4.14. The first-order valence-electron chi connectivity index (χ1n) is 4.86. The Hall–Kier alpha value is -1.81. The monoisotopic (exact) mass is 275 g/mol. The van der Waals surface area contributed by atoms with Gasteiger partial charge in [0.05, 0.1) is 6.54 Å². The largest absolute Gasteiger partial charge is 0.374 e. The minimum Gasteiger partial charge on any atom is -0.314 e. The number of aromatic nitrogens is 4. The molecule has 0 amide bonds. The van der Waals surface area contributed by atoms with Gasteiger partial charge in [0.15, 0.2) is 5.82 Å². The molecule has 2 aromatic rings. The van der Waals surface area contributed by atoms with Crippen LogP contribution >= 0.6 is 0 Å². The molecule has 2 rings (SSSR count). The summed E-state index contributed by atoms with van der Waals surface area (Å²) in [7, 11) is -2.18. The first-order chi connectivity index (χ1) is 8.30. The molecule has 0 aliphatic carbocycles. The Balaban J connectivity index is 2.49. The van der Waals surface area contributed by atoms with Crippen LogP contribution in [-0.2, 0) is 24.0 Å². The van der Waals surface area contributed by atoms with Crippen molar-refractivity contribution in [2.24, 2.45) is 7.05 Å². The van der Waals surface area contributed by atoms with Crippen LogP contribution in [0.1, 0.15) is 5.82 Å². The van der Waals surface area contributed by atoms with Gasteiger partial charge in [-0.25, -0.2) is 0 Å². The lowest BCUT2D eigenvalue weighted by Gasteiger charge is -2.09. The maximum atomic E-state index is 12.7. The second-order valence-corrected chi connectivity index (χ2v) is 5.17. The molecule has 0 spiro atoms. The van der Waals surface area contributed by atoms with E-state index in [4.69, 9.17) is 0 Å². The Morgan fingerprint density at radius 1 is 1.39 bits per heavy atom. The molecule has 0 saturated carbocycles. The molecule has 2 aromatic heterocycles. The molecule has 0 aliphatic heterocycles. The van der Waals surface area contributed by atoms with E-state index >= 15 is 0 Å². The lowest BCUT2D eigenvalue weighted by Crippen LogP contribution is -2.24. The van der Waals surface area contributed by atoms with Crippen molar-refractivity contribution in [1.82, 2.24) is 23.5 Å². The van der Waals surface area contributed by atoms with Crippen molar-refractivity contribution >= 4 is 16.1 Å². The van der Waals surface area contributed by atoms with Crippen LogP contribution in [0.5, 0.6) is 0 Å². The highest BCUT2D eigenvalue weighted by Crippen LogP contribution is 2.06. The third-order valence-electron chi connectivity index (χ3n) is 2.45. The number of nitrogens with zero attached hydrogens (tertiary/aromatic N) is 5. The summed E-state index contributed by atoms with van der Waals surface area (Å²) in [5.74, 6) is 0.159. The van der Waals surface area contributed by atoms with Crippen molar-refractivity contribution in [3.63, 3.8) is 0 Å². The number of rotatable bonds is 3. The number of hydrogen-bond acceptors (Lipinski definition) is 5. The molecule has 0 aliphatic rings. The van der Waals surface area contributed by atoms with E-state index in [-0.39, 0.29) is 23.6 Å². The van der Waals surface area contributed by atoms with Gasteiger partial charge in [0.25, 0.3) is 5.56 Å². The highest BCUT2D eigenvalue weighted by atomic mass is 32.3. The van der Waals surface area contributed by atoms with Gasteiger partial charge in [-0.05, 0) is 0 Å². The lowest BCUT2D eigenvalue weighted by molar-refractivity contribution is 0.420. The average Bonchev–Trinajstić information content (AvgIpc) is 2.66. The summed E-state index contributed by atoms with van der Waals surface area (Å²) < 4.78 is 37.1. The van der Waals surface area contributed by atoms with Crippen molar-refractivity contribution in [2.75, 3.05) is 7.05 Å². The summed E-state index contributed by atoms with van der Waals surface area (Å²) in [6.07, 6.45) is 2.98. The van der Waals surface area contributed by atoms with Gasteiger partial charge in [-0.1, -0.05) is 3.89 Å². The van der Waals surface area contributed by atoms with Crippen molar-refractivity contribution < 1.29 is 12.3 Å². The molecule has 18 heavy (non-hydrogen) atoms. The van der Waals surface area contributed by atoms with Gasteiger partial charge in [-0.3, -0.25) is 9.20 Å². The van der Waals surface area contributed by atoms with Crippen molar-refractivity contribution in [1.29, 1.82) is 0 Å². The van der Waals surface area contributed by atoms with E-state index in [0.717, 1.165) is 7.05 Å². The summed E-state index contributed by atoms with van der Waals surface area (Å²) in [5, 5.41) is 7.33. The summed E-state index contributed by atoms with van der Waals surface area (Å²) >= 11 is 0. The van der Waals surface area contributed by atoms with Crippen LogP contribution in [0.3, 0.4) is 0 Å². The van der Waals surface area contributed by atoms with E-state index in [9.17, 15) is 17.1 Å². The quantitative estimate of drug-likeness (QED) is 0.675. The Morgan fingerprint density at radius 3 is 2.67 bits per heavy atom. The Bertz CT molecular complexity index is 750. The van der Waals surface area contributed by atoms with E-state index in [1.165, 1.54) is 21.4 Å². The van der Waals surface area contributed by atoms with Crippen LogP contribution in [0, 0.1) is 0 Å². The van der Waals surface area contributed by atoms with Gasteiger partial charge in [-0.15, -0.1) is 10.2 Å². The van der Waals surface area contributed by atoms with Crippen LogP contribution in [0.4, 0.5) is 3.89 Å². The van der Waals surface area contributed by atoms with E-state index in [2.05, 4.69) is 10.2 Å². The van der Waals surface area contributed by atoms with Crippen molar-refractivity contribution in [3.05, 3.63) is 28.6 Å². The van der Waals surface area contributed by atoms with Gasteiger partial charge in [0.2, 0.25) is 5.65 Å². The third kappa shape index (κ3) is 2.11. The summed E-state index contributed by atoms with van der Waals surface area (Å²) in [6, 6.07) is 0. The van der Waals surface area contributed by atoms with Gasteiger partial charge in [0, 0.05) is 26.5 Å². The minimum absolute atomic E-state index is 0.0552. The van der Waals surface area contributed by atoms with Gasteiger partial charge >= 0.3 is 10.4 Å². The maximum Gasteiger partial charge on any atom is 0.374 e. The molecule has 8 nitrogen and oxygen atoms in total. The van der Waals surface area contributed by atoms with Crippen molar-refractivity contribution in [3.8, 4) is 0 Å². The Kier molecular flexibility index (Phi) is 2.91. The molecular formula is C8H10FN5O3S. The fourth-order valence-electron chi connectivity index (χ4n) is 1.40. The zero-order valence-corrected chi connectivity index (χ0v) is 10.4. The molecule has 10 heteroatoms. The molecule has 0 bridgehead atoms.